The Balaban J connectivity index is 1.84. The summed E-state index contributed by atoms with van der Waals surface area (Å²) in [4.78, 5) is 27.0. The summed E-state index contributed by atoms with van der Waals surface area (Å²) in [6.45, 7) is 8.05. The fourth-order valence-electron chi connectivity index (χ4n) is 3.07. The maximum atomic E-state index is 12.9. The van der Waals surface area contributed by atoms with Crippen LogP contribution in [-0.4, -0.2) is 32.2 Å². The smallest absolute Gasteiger partial charge is 0.323 e. The first kappa shape index (κ1) is 20.3. The number of carbonyl (C=O) groups is 2. The summed E-state index contributed by atoms with van der Waals surface area (Å²) in [6, 6.07) is 11.9. The summed E-state index contributed by atoms with van der Waals surface area (Å²) in [5.41, 5.74) is 1.00. The summed E-state index contributed by atoms with van der Waals surface area (Å²) in [5.74, 6) is 1.08. The van der Waals surface area contributed by atoms with Crippen molar-refractivity contribution in [2.75, 3.05) is 35.8 Å². The third kappa shape index (κ3) is 4.34. The van der Waals surface area contributed by atoms with E-state index < -0.39 is 11.4 Å². The first-order valence-electron chi connectivity index (χ1n) is 9.26. The number of nitrogens with zero attached hydrogens (tertiary/aromatic N) is 1. The Morgan fingerprint density at radius 1 is 1.28 bits per heavy atom. The number of para-hydroxylation sites is 2. The monoisotopic (exact) mass is 395 g/mol. The average molecular weight is 395 g/mol. The summed E-state index contributed by atoms with van der Waals surface area (Å²) in [7, 11) is 1.54. The van der Waals surface area contributed by atoms with Crippen LogP contribution in [0, 0.1) is 5.41 Å². The molecule has 0 aliphatic carbocycles. The molecule has 1 heterocycles. The van der Waals surface area contributed by atoms with Crippen LogP contribution in [0.2, 0.25) is 0 Å². The Morgan fingerprint density at radius 3 is 2.76 bits per heavy atom. The second kappa shape index (κ2) is 8.26. The van der Waals surface area contributed by atoms with Crippen LogP contribution in [0.4, 0.5) is 21.9 Å². The van der Waals surface area contributed by atoms with Crippen molar-refractivity contribution >= 4 is 29.0 Å². The molecular weight excluding hydrogens is 370 g/mol. The van der Waals surface area contributed by atoms with Gasteiger partial charge in [-0.25, -0.2) is 4.79 Å². The van der Waals surface area contributed by atoms with Crippen LogP contribution in [0.1, 0.15) is 13.8 Å². The van der Waals surface area contributed by atoms with Crippen LogP contribution >= 0.6 is 0 Å². The zero-order valence-corrected chi connectivity index (χ0v) is 16.8. The molecule has 2 N–H and O–H groups in total. The van der Waals surface area contributed by atoms with Gasteiger partial charge in [0.25, 0.3) is 0 Å². The van der Waals surface area contributed by atoms with Gasteiger partial charge in [-0.05, 0) is 44.2 Å². The van der Waals surface area contributed by atoms with E-state index in [2.05, 4.69) is 17.2 Å². The molecule has 1 aliphatic rings. The normalized spacial score (nSPS) is 14.9. The number of benzene rings is 2. The topological polar surface area (TPSA) is 79.9 Å². The van der Waals surface area contributed by atoms with Crippen molar-refractivity contribution in [3.05, 3.63) is 55.1 Å². The van der Waals surface area contributed by atoms with E-state index in [0.717, 1.165) is 0 Å². The van der Waals surface area contributed by atoms with Crippen molar-refractivity contribution in [2.45, 2.75) is 13.8 Å². The van der Waals surface area contributed by atoms with E-state index in [1.807, 2.05) is 19.9 Å². The van der Waals surface area contributed by atoms with E-state index in [-0.39, 0.29) is 12.5 Å². The van der Waals surface area contributed by atoms with E-state index in [4.69, 9.17) is 9.47 Å². The molecule has 0 saturated carbocycles. The molecule has 1 aliphatic heterocycles. The number of urea groups is 1. The largest absolute Gasteiger partial charge is 0.495 e. The number of anilines is 3. The average Bonchev–Trinajstić information content (AvgIpc) is 2.79. The molecular formula is C22H25N3O4. The summed E-state index contributed by atoms with van der Waals surface area (Å²) < 4.78 is 11.1. The summed E-state index contributed by atoms with van der Waals surface area (Å²) >= 11 is 0. The highest BCUT2D eigenvalue weighted by atomic mass is 16.5. The molecule has 0 fully saturated rings. The standard InChI is InChI=1S/C22H25N3O4/c1-5-12-25-17-13-15(10-11-19(17)29-14-22(2,3)20(25)26)23-21(27)24-16-8-6-7-9-18(16)28-4/h5-11,13H,1,12,14H2,2-4H3,(H2,23,24,27). The quantitative estimate of drug-likeness (QED) is 0.741. The molecule has 0 bridgehead atoms. The Morgan fingerprint density at radius 2 is 2.03 bits per heavy atom. The van der Waals surface area contributed by atoms with E-state index in [9.17, 15) is 9.59 Å². The van der Waals surface area contributed by atoms with E-state index >= 15 is 0 Å². The van der Waals surface area contributed by atoms with Crippen LogP contribution in [0.5, 0.6) is 11.5 Å². The van der Waals surface area contributed by atoms with Gasteiger partial charge in [-0.2, -0.15) is 0 Å². The lowest BCUT2D eigenvalue weighted by Gasteiger charge is -2.27. The number of carbonyl (C=O) groups excluding carboxylic acids is 2. The molecule has 7 heteroatoms. The minimum Gasteiger partial charge on any atom is -0.495 e. The van der Waals surface area contributed by atoms with Gasteiger partial charge in [0.2, 0.25) is 5.91 Å². The van der Waals surface area contributed by atoms with Crippen molar-refractivity contribution < 1.29 is 19.1 Å². The third-order valence-corrected chi connectivity index (χ3v) is 4.59. The van der Waals surface area contributed by atoms with Crippen molar-refractivity contribution in [3.63, 3.8) is 0 Å². The number of ether oxygens (including phenoxy) is 2. The van der Waals surface area contributed by atoms with Gasteiger partial charge in [0, 0.05) is 12.2 Å². The van der Waals surface area contributed by atoms with Crippen LogP contribution < -0.4 is 25.0 Å². The first-order chi connectivity index (χ1) is 13.9. The van der Waals surface area contributed by atoms with E-state index in [0.29, 0.717) is 35.1 Å². The summed E-state index contributed by atoms with van der Waals surface area (Å²) in [6.07, 6.45) is 1.66. The van der Waals surface area contributed by atoms with E-state index in [1.165, 1.54) is 7.11 Å². The molecule has 2 aromatic rings. The molecule has 2 aromatic carbocycles. The predicted molar refractivity (Wildman–Crippen MR) is 114 cm³/mol. The second-order valence-corrected chi connectivity index (χ2v) is 7.34. The van der Waals surface area contributed by atoms with Crippen molar-refractivity contribution in [3.8, 4) is 11.5 Å². The van der Waals surface area contributed by atoms with Gasteiger partial charge in [-0.1, -0.05) is 18.2 Å². The van der Waals surface area contributed by atoms with Crippen molar-refractivity contribution in [1.82, 2.24) is 0 Å². The lowest BCUT2D eigenvalue weighted by molar-refractivity contribution is -0.127. The van der Waals surface area contributed by atoms with Gasteiger partial charge in [0.1, 0.15) is 18.1 Å². The molecule has 0 saturated heterocycles. The zero-order chi connectivity index (χ0) is 21.0. The molecule has 0 radical (unpaired) electrons. The minimum absolute atomic E-state index is 0.0632. The van der Waals surface area contributed by atoms with Crippen molar-refractivity contribution in [2.24, 2.45) is 5.41 Å². The van der Waals surface area contributed by atoms with Gasteiger partial charge >= 0.3 is 6.03 Å². The zero-order valence-electron chi connectivity index (χ0n) is 16.8. The van der Waals surface area contributed by atoms with Crippen LogP contribution in [0.3, 0.4) is 0 Å². The number of nitrogens with one attached hydrogen (secondary N) is 2. The minimum atomic E-state index is -0.670. The Hall–Kier alpha value is -3.48. The van der Waals surface area contributed by atoms with Gasteiger partial charge in [-0.3, -0.25) is 4.79 Å². The lowest BCUT2D eigenvalue weighted by Crippen LogP contribution is -2.42. The predicted octanol–water partition coefficient (Wildman–Crippen LogP) is 4.28. The van der Waals surface area contributed by atoms with Gasteiger partial charge in [0.05, 0.1) is 23.9 Å². The second-order valence-electron chi connectivity index (χ2n) is 7.34. The number of methoxy groups -OCH3 is 1. The van der Waals surface area contributed by atoms with Crippen LogP contribution in [-0.2, 0) is 4.79 Å². The number of fused-ring (bicyclic) bond motifs is 1. The molecule has 0 aromatic heterocycles. The number of hydrogen-bond donors (Lipinski definition) is 2. The summed E-state index contributed by atoms with van der Waals surface area (Å²) in [5, 5.41) is 5.54. The van der Waals surface area contributed by atoms with Gasteiger partial charge in [-0.15, -0.1) is 6.58 Å². The molecule has 3 amide bonds. The van der Waals surface area contributed by atoms with Gasteiger partial charge < -0.3 is 25.0 Å². The van der Waals surface area contributed by atoms with Crippen molar-refractivity contribution in [1.29, 1.82) is 0 Å². The molecule has 3 rings (SSSR count). The van der Waals surface area contributed by atoms with E-state index in [1.54, 1.807) is 47.4 Å². The highest BCUT2D eigenvalue weighted by molar-refractivity contribution is 6.03. The first-order valence-corrected chi connectivity index (χ1v) is 9.26. The molecule has 0 atom stereocenters. The third-order valence-electron chi connectivity index (χ3n) is 4.59. The maximum absolute atomic E-state index is 12.9. The van der Waals surface area contributed by atoms with Crippen LogP contribution in [0.15, 0.2) is 55.1 Å². The van der Waals surface area contributed by atoms with Gasteiger partial charge in [0.15, 0.2) is 0 Å². The lowest BCUT2D eigenvalue weighted by atomic mass is 9.93. The SMILES string of the molecule is C=CCN1C(=O)C(C)(C)COc2ccc(NC(=O)Nc3ccccc3OC)cc21. The van der Waals surface area contributed by atoms with Crippen LogP contribution in [0.25, 0.3) is 0 Å². The Bertz CT molecular complexity index is 939. The molecule has 0 spiro atoms. The molecule has 29 heavy (non-hydrogen) atoms. The fourth-order valence-corrected chi connectivity index (χ4v) is 3.07. The molecule has 7 nitrogen and oxygen atoms in total. The number of hydrogen-bond acceptors (Lipinski definition) is 4. The maximum Gasteiger partial charge on any atom is 0.323 e. The number of amides is 3. The molecule has 0 unspecified atom stereocenters. The fraction of sp³-hybridized carbons (Fsp3) is 0.273. The Labute approximate surface area is 170 Å². The molecule has 152 valence electrons. The number of rotatable bonds is 5. The highest BCUT2D eigenvalue weighted by Crippen LogP contribution is 2.38. The Kier molecular flexibility index (Phi) is 5.77. The highest BCUT2D eigenvalue weighted by Gasteiger charge is 2.37.